The first-order chi connectivity index (χ1) is 12.3. The van der Waals surface area contributed by atoms with Gasteiger partial charge in [0.15, 0.2) is 0 Å². The number of hydrogen-bond donors (Lipinski definition) is 0. The first-order valence-corrected chi connectivity index (χ1v) is 10.6. The fourth-order valence-electron chi connectivity index (χ4n) is 3.26. The zero-order valence-corrected chi connectivity index (χ0v) is 16.3. The molecular formula is C19H21ClN2O3S. The minimum atomic E-state index is -3.53. The summed E-state index contributed by atoms with van der Waals surface area (Å²) in [5.41, 5.74) is 3.25. The lowest BCUT2D eigenvalue weighted by atomic mass is 10.2. The molecule has 0 N–H and O–H groups in total. The van der Waals surface area contributed by atoms with E-state index < -0.39 is 10.0 Å². The molecular weight excluding hydrogens is 372 g/mol. The van der Waals surface area contributed by atoms with Crippen molar-refractivity contribution in [2.45, 2.75) is 19.8 Å². The average Bonchev–Trinajstić information content (AvgIpc) is 3.01. The van der Waals surface area contributed by atoms with Gasteiger partial charge < -0.3 is 4.90 Å². The third-order valence-corrected chi connectivity index (χ3v) is 6.21. The Bertz CT molecular complexity index is 944. The molecule has 0 saturated carbocycles. The van der Waals surface area contributed by atoms with Crippen LogP contribution in [0.2, 0.25) is 5.02 Å². The van der Waals surface area contributed by atoms with Crippen LogP contribution in [0.1, 0.15) is 17.5 Å². The molecule has 0 saturated heterocycles. The topological polar surface area (TPSA) is 57.7 Å². The number of halogens is 1. The van der Waals surface area contributed by atoms with Crippen molar-refractivity contribution in [2.24, 2.45) is 0 Å². The van der Waals surface area contributed by atoms with E-state index in [9.17, 15) is 13.2 Å². The van der Waals surface area contributed by atoms with Crippen molar-refractivity contribution in [1.29, 1.82) is 0 Å². The molecule has 0 aliphatic carbocycles. The van der Waals surface area contributed by atoms with Crippen molar-refractivity contribution in [3.05, 3.63) is 58.6 Å². The van der Waals surface area contributed by atoms with Gasteiger partial charge in [-0.25, -0.2) is 8.42 Å². The van der Waals surface area contributed by atoms with Crippen molar-refractivity contribution < 1.29 is 13.2 Å². The van der Waals surface area contributed by atoms with Gasteiger partial charge in [0, 0.05) is 30.2 Å². The first kappa shape index (κ1) is 18.7. The molecule has 0 fully saturated rings. The van der Waals surface area contributed by atoms with Crippen LogP contribution in [-0.4, -0.2) is 33.7 Å². The van der Waals surface area contributed by atoms with E-state index in [1.54, 1.807) is 30.0 Å². The number of anilines is 2. The van der Waals surface area contributed by atoms with E-state index >= 15 is 0 Å². The Morgan fingerprint density at radius 1 is 1.19 bits per heavy atom. The van der Waals surface area contributed by atoms with Crippen molar-refractivity contribution in [1.82, 2.24) is 0 Å². The van der Waals surface area contributed by atoms with Gasteiger partial charge in [0.2, 0.25) is 15.9 Å². The van der Waals surface area contributed by atoms with Crippen molar-refractivity contribution in [3.8, 4) is 0 Å². The van der Waals surface area contributed by atoms with Gasteiger partial charge in [-0.3, -0.25) is 9.10 Å². The SMILES string of the molecule is Cc1c(Cl)cccc1N(CCC(=O)N1CCc2ccccc21)S(C)(=O)=O. The molecule has 1 amide bonds. The van der Waals surface area contributed by atoms with Crippen LogP contribution in [0.4, 0.5) is 11.4 Å². The normalized spacial score (nSPS) is 13.6. The van der Waals surface area contributed by atoms with Gasteiger partial charge in [0.1, 0.15) is 0 Å². The number of nitrogens with zero attached hydrogens (tertiary/aromatic N) is 2. The molecule has 5 nitrogen and oxygen atoms in total. The second-order valence-corrected chi connectivity index (χ2v) is 8.71. The molecule has 0 radical (unpaired) electrons. The van der Waals surface area contributed by atoms with E-state index in [1.807, 2.05) is 24.3 Å². The van der Waals surface area contributed by atoms with Crippen molar-refractivity contribution in [2.75, 3.05) is 28.6 Å². The van der Waals surface area contributed by atoms with Crippen LogP contribution in [0.3, 0.4) is 0 Å². The number of benzene rings is 2. The second-order valence-electron chi connectivity index (χ2n) is 6.39. The lowest BCUT2D eigenvalue weighted by molar-refractivity contribution is -0.118. The fraction of sp³-hybridized carbons (Fsp3) is 0.316. The molecule has 0 bridgehead atoms. The lowest BCUT2D eigenvalue weighted by Gasteiger charge is -2.25. The number of sulfonamides is 1. The fourth-order valence-corrected chi connectivity index (χ4v) is 4.41. The maximum absolute atomic E-state index is 12.7. The Hall–Kier alpha value is -2.05. The van der Waals surface area contributed by atoms with Crippen LogP contribution in [0, 0.1) is 6.92 Å². The first-order valence-electron chi connectivity index (χ1n) is 8.40. The van der Waals surface area contributed by atoms with Crippen molar-refractivity contribution in [3.63, 3.8) is 0 Å². The minimum Gasteiger partial charge on any atom is -0.312 e. The summed E-state index contributed by atoms with van der Waals surface area (Å²) in [6, 6.07) is 12.9. The standard InChI is InChI=1S/C19H21ClN2O3S/c1-14-16(20)7-5-9-17(14)22(26(2,24)25)13-11-19(23)21-12-10-15-6-3-4-8-18(15)21/h3-9H,10-13H2,1-2H3. The van der Waals surface area contributed by atoms with Gasteiger partial charge in [-0.15, -0.1) is 0 Å². The molecule has 1 heterocycles. The van der Waals surface area contributed by atoms with Crippen LogP contribution >= 0.6 is 11.6 Å². The largest absolute Gasteiger partial charge is 0.312 e. The maximum atomic E-state index is 12.7. The third kappa shape index (κ3) is 3.71. The van der Waals surface area contributed by atoms with Crippen LogP contribution in [0.5, 0.6) is 0 Å². The molecule has 1 aliphatic rings. The smallest absolute Gasteiger partial charge is 0.232 e. The molecule has 2 aromatic carbocycles. The van der Waals surface area contributed by atoms with Gasteiger partial charge in [-0.1, -0.05) is 35.9 Å². The predicted molar refractivity (Wildman–Crippen MR) is 105 cm³/mol. The molecule has 7 heteroatoms. The highest BCUT2D eigenvalue weighted by Gasteiger charge is 2.26. The maximum Gasteiger partial charge on any atom is 0.232 e. The third-order valence-electron chi connectivity index (χ3n) is 4.63. The quantitative estimate of drug-likeness (QED) is 0.783. The van der Waals surface area contributed by atoms with Gasteiger partial charge >= 0.3 is 0 Å². The molecule has 138 valence electrons. The summed E-state index contributed by atoms with van der Waals surface area (Å²) in [4.78, 5) is 14.4. The molecule has 2 aromatic rings. The molecule has 1 aliphatic heterocycles. The second kappa shape index (κ2) is 7.29. The Balaban J connectivity index is 1.79. The number of hydrogen-bond acceptors (Lipinski definition) is 3. The summed E-state index contributed by atoms with van der Waals surface area (Å²) in [6.07, 6.45) is 2.07. The summed E-state index contributed by atoms with van der Waals surface area (Å²) >= 11 is 6.13. The summed E-state index contributed by atoms with van der Waals surface area (Å²) in [5.74, 6) is -0.0803. The Labute approximate surface area is 159 Å². The highest BCUT2D eigenvalue weighted by molar-refractivity contribution is 7.92. The number of carbonyl (C=O) groups excluding carboxylic acids is 1. The van der Waals surface area contributed by atoms with E-state index in [-0.39, 0.29) is 18.9 Å². The summed E-state index contributed by atoms with van der Waals surface area (Å²) in [5, 5.41) is 0.496. The number of para-hydroxylation sites is 1. The summed E-state index contributed by atoms with van der Waals surface area (Å²) < 4.78 is 25.8. The molecule has 0 aromatic heterocycles. The monoisotopic (exact) mass is 392 g/mol. The van der Waals surface area contributed by atoms with E-state index in [0.29, 0.717) is 22.8 Å². The highest BCUT2D eigenvalue weighted by Crippen LogP contribution is 2.30. The minimum absolute atomic E-state index is 0.0803. The molecule has 0 unspecified atom stereocenters. The summed E-state index contributed by atoms with van der Waals surface area (Å²) in [7, 11) is -3.53. The predicted octanol–water partition coefficient (Wildman–Crippen LogP) is 3.39. The van der Waals surface area contributed by atoms with Gasteiger partial charge in [0.25, 0.3) is 0 Å². The Kier molecular flexibility index (Phi) is 5.25. The highest BCUT2D eigenvalue weighted by atomic mass is 35.5. The average molecular weight is 393 g/mol. The zero-order chi connectivity index (χ0) is 18.9. The van der Waals surface area contributed by atoms with Gasteiger partial charge in [0.05, 0.1) is 11.9 Å². The van der Waals surface area contributed by atoms with Crippen LogP contribution in [-0.2, 0) is 21.2 Å². The Morgan fingerprint density at radius 3 is 2.65 bits per heavy atom. The molecule has 26 heavy (non-hydrogen) atoms. The summed E-state index contributed by atoms with van der Waals surface area (Å²) in [6.45, 7) is 2.49. The van der Waals surface area contributed by atoms with Gasteiger partial charge in [-0.2, -0.15) is 0 Å². The van der Waals surface area contributed by atoms with Crippen LogP contribution < -0.4 is 9.21 Å². The number of carbonyl (C=O) groups is 1. The van der Waals surface area contributed by atoms with E-state index in [1.165, 1.54) is 4.31 Å². The number of rotatable bonds is 5. The van der Waals surface area contributed by atoms with E-state index in [4.69, 9.17) is 11.6 Å². The zero-order valence-electron chi connectivity index (χ0n) is 14.8. The van der Waals surface area contributed by atoms with Crippen LogP contribution in [0.25, 0.3) is 0 Å². The van der Waals surface area contributed by atoms with Crippen molar-refractivity contribution >= 4 is 38.9 Å². The van der Waals surface area contributed by atoms with Crippen LogP contribution in [0.15, 0.2) is 42.5 Å². The van der Waals surface area contributed by atoms with E-state index in [0.717, 1.165) is 23.9 Å². The molecule has 0 atom stereocenters. The number of fused-ring (bicyclic) bond motifs is 1. The lowest BCUT2D eigenvalue weighted by Crippen LogP contribution is -2.36. The van der Waals surface area contributed by atoms with Gasteiger partial charge in [-0.05, 0) is 42.7 Å². The van der Waals surface area contributed by atoms with E-state index in [2.05, 4.69) is 0 Å². The molecule has 0 spiro atoms. The molecule has 3 rings (SSSR count). The Morgan fingerprint density at radius 2 is 1.92 bits per heavy atom. The number of amides is 1.